The summed E-state index contributed by atoms with van der Waals surface area (Å²) in [7, 11) is 5.53. The zero-order valence-electron chi connectivity index (χ0n) is 20.0. The highest BCUT2D eigenvalue weighted by Gasteiger charge is 2.34. The van der Waals surface area contributed by atoms with Crippen LogP contribution in [0.3, 0.4) is 0 Å². The first kappa shape index (κ1) is 24.6. The molecule has 1 aliphatic rings. The van der Waals surface area contributed by atoms with Gasteiger partial charge in [-0.15, -0.1) is 10.2 Å². The van der Waals surface area contributed by atoms with Gasteiger partial charge in [-0.2, -0.15) is 13.2 Å². The fourth-order valence-corrected chi connectivity index (χ4v) is 4.18. The number of carbonyl (C=O) groups excluding carboxylic acids is 1. The van der Waals surface area contributed by atoms with E-state index >= 15 is 0 Å². The molecule has 1 aliphatic heterocycles. The third-order valence-corrected chi connectivity index (χ3v) is 5.94. The van der Waals surface area contributed by atoms with Crippen molar-refractivity contribution < 1.29 is 18.0 Å². The zero-order valence-corrected chi connectivity index (χ0v) is 20.0. The van der Waals surface area contributed by atoms with Crippen molar-refractivity contribution in [3.05, 3.63) is 47.4 Å². The number of nitrogens with one attached hydrogen (secondary N) is 1. The van der Waals surface area contributed by atoms with Gasteiger partial charge in [0.1, 0.15) is 23.7 Å². The van der Waals surface area contributed by atoms with E-state index in [1.807, 2.05) is 26.0 Å². The Morgan fingerprint density at radius 3 is 2.66 bits per heavy atom. The molecule has 0 spiro atoms. The number of rotatable bonds is 8. The topological polar surface area (TPSA) is 92.1 Å². The van der Waals surface area contributed by atoms with E-state index in [-0.39, 0.29) is 18.2 Å². The Morgan fingerprint density at radius 2 is 2.00 bits per heavy atom. The molecule has 0 saturated carbocycles. The lowest BCUT2D eigenvalue weighted by Gasteiger charge is -2.20. The van der Waals surface area contributed by atoms with Crippen LogP contribution in [0.4, 0.5) is 24.8 Å². The van der Waals surface area contributed by atoms with Gasteiger partial charge in [0.2, 0.25) is 0 Å². The maximum Gasteiger partial charge on any atom is 0.391 e. The number of amides is 1. The molecule has 0 bridgehead atoms. The molecule has 0 fully saturated rings. The van der Waals surface area contributed by atoms with Crippen molar-refractivity contribution in [1.29, 1.82) is 0 Å². The van der Waals surface area contributed by atoms with Crippen LogP contribution in [0, 0.1) is 0 Å². The van der Waals surface area contributed by atoms with Gasteiger partial charge >= 0.3 is 6.18 Å². The van der Waals surface area contributed by atoms with Gasteiger partial charge in [0, 0.05) is 32.2 Å². The van der Waals surface area contributed by atoms with Crippen LogP contribution in [0.1, 0.15) is 47.4 Å². The minimum absolute atomic E-state index is 0.211. The number of fused-ring (bicyclic) bond motifs is 1. The maximum absolute atomic E-state index is 13.4. The van der Waals surface area contributed by atoms with E-state index in [1.165, 1.54) is 10.9 Å². The highest BCUT2D eigenvalue weighted by atomic mass is 19.4. The van der Waals surface area contributed by atoms with Crippen LogP contribution < -0.4 is 15.1 Å². The summed E-state index contributed by atoms with van der Waals surface area (Å²) in [4.78, 5) is 26.0. The minimum atomic E-state index is -4.32. The van der Waals surface area contributed by atoms with Crippen molar-refractivity contribution in [2.24, 2.45) is 0 Å². The van der Waals surface area contributed by atoms with Gasteiger partial charge in [-0.05, 0) is 31.7 Å². The average Bonchev–Trinajstić information content (AvgIpc) is 3.42. The Morgan fingerprint density at radius 1 is 1.23 bits per heavy atom. The van der Waals surface area contributed by atoms with E-state index in [9.17, 15) is 18.0 Å². The van der Waals surface area contributed by atoms with Crippen LogP contribution >= 0.6 is 0 Å². The molecule has 0 radical (unpaired) electrons. The summed E-state index contributed by atoms with van der Waals surface area (Å²) in [6.07, 6.45) is -3.78. The number of hydrogen-bond acceptors (Lipinski definition) is 7. The molecule has 0 aliphatic carbocycles. The van der Waals surface area contributed by atoms with Gasteiger partial charge in [0.25, 0.3) is 5.91 Å². The summed E-state index contributed by atoms with van der Waals surface area (Å²) in [5.74, 6) is 1.07. The summed E-state index contributed by atoms with van der Waals surface area (Å²) in [5, 5.41) is 11.0. The number of halogens is 3. The van der Waals surface area contributed by atoms with Crippen molar-refractivity contribution >= 4 is 17.5 Å². The minimum Gasteiger partial charge on any atom is -0.363 e. The van der Waals surface area contributed by atoms with Gasteiger partial charge in [0.15, 0.2) is 5.82 Å². The predicted molar refractivity (Wildman–Crippen MR) is 125 cm³/mol. The van der Waals surface area contributed by atoms with E-state index in [2.05, 4.69) is 25.5 Å². The van der Waals surface area contributed by atoms with Gasteiger partial charge in [-0.25, -0.2) is 9.97 Å². The van der Waals surface area contributed by atoms with Crippen molar-refractivity contribution in [2.45, 2.75) is 45.1 Å². The maximum atomic E-state index is 13.4. The molecule has 1 atom stereocenters. The molecule has 0 saturated heterocycles. The Labute approximate surface area is 201 Å². The molecule has 1 N–H and O–H groups in total. The van der Waals surface area contributed by atoms with E-state index in [4.69, 9.17) is 0 Å². The first-order valence-electron chi connectivity index (χ1n) is 11.2. The predicted octanol–water partition coefficient (Wildman–Crippen LogP) is 3.58. The monoisotopic (exact) mass is 488 g/mol. The molecule has 1 amide bonds. The molecule has 1 unspecified atom stereocenters. The lowest BCUT2D eigenvalue weighted by Crippen LogP contribution is -2.24. The first-order chi connectivity index (χ1) is 16.6. The Hall–Kier alpha value is -3.54. The van der Waals surface area contributed by atoms with E-state index in [1.54, 1.807) is 36.1 Å². The van der Waals surface area contributed by atoms with Crippen LogP contribution in [0.15, 0.2) is 30.6 Å². The lowest BCUT2D eigenvalue weighted by atomic mass is 10.1. The zero-order chi connectivity index (χ0) is 25.3. The summed E-state index contributed by atoms with van der Waals surface area (Å²) in [6, 6.07) is 5.95. The smallest absolute Gasteiger partial charge is 0.363 e. The number of nitrogens with zero attached hydrogens (tertiary/aromatic N) is 7. The van der Waals surface area contributed by atoms with E-state index in [0.29, 0.717) is 36.0 Å². The molecule has 35 heavy (non-hydrogen) atoms. The Bertz CT molecular complexity index is 1220. The van der Waals surface area contributed by atoms with Gasteiger partial charge in [-0.1, -0.05) is 13.0 Å². The lowest BCUT2D eigenvalue weighted by molar-refractivity contribution is -0.143. The number of carbonyl (C=O) groups is 1. The standard InChI is InChI=1S/C23H27F3N8O/c1-5-14(10-23(24,25)26)34-13-28-31-21(34)17-7-6-8-19(29-17)33-12-16-15(22(33)35)9-20(32(3)4)30-18(16)11-27-2/h6-9,13-14,27H,5,10-12H2,1-4H3. The summed E-state index contributed by atoms with van der Waals surface area (Å²) in [6.45, 7) is 2.48. The number of anilines is 2. The van der Waals surface area contributed by atoms with Crippen molar-refractivity contribution in [2.75, 3.05) is 30.9 Å². The molecule has 4 rings (SSSR count). The molecular formula is C23H27F3N8O. The third kappa shape index (κ3) is 4.97. The second-order valence-electron chi connectivity index (χ2n) is 8.59. The van der Waals surface area contributed by atoms with Crippen LogP contribution in [0.25, 0.3) is 11.5 Å². The summed E-state index contributed by atoms with van der Waals surface area (Å²) in [5.41, 5.74) is 2.49. The van der Waals surface area contributed by atoms with E-state index in [0.717, 1.165) is 11.3 Å². The molecule has 3 aromatic rings. The molecule has 3 aromatic heterocycles. The highest BCUT2D eigenvalue weighted by molar-refractivity contribution is 6.10. The van der Waals surface area contributed by atoms with Crippen LogP contribution in [-0.4, -0.2) is 58.0 Å². The molecule has 12 heteroatoms. The van der Waals surface area contributed by atoms with E-state index < -0.39 is 18.6 Å². The highest BCUT2D eigenvalue weighted by Crippen LogP contribution is 2.34. The molecule has 186 valence electrons. The first-order valence-corrected chi connectivity index (χ1v) is 11.2. The third-order valence-electron chi connectivity index (χ3n) is 5.94. The molecular weight excluding hydrogens is 461 g/mol. The molecule has 9 nitrogen and oxygen atoms in total. The van der Waals surface area contributed by atoms with Crippen molar-refractivity contribution in [1.82, 2.24) is 30.0 Å². The average molecular weight is 489 g/mol. The summed E-state index contributed by atoms with van der Waals surface area (Å²) >= 11 is 0. The second kappa shape index (κ2) is 9.61. The van der Waals surface area contributed by atoms with Crippen LogP contribution in [0.5, 0.6) is 0 Å². The van der Waals surface area contributed by atoms with Crippen molar-refractivity contribution in [3.8, 4) is 11.5 Å². The number of pyridine rings is 2. The molecule has 0 aromatic carbocycles. The fourth-order valence-electron chi connectivity index (χ4n) is 4.18. The number of hydrogen-bond donors (Lipinski definition) is 1. The number of aromatic nitrogens is 5. The normalized spacial score (nSPS) is 14.4. The largest absolute Gasteiger partial charge is 0.391 e. The second-order valence-corrected chi connectivity index (χ2v) is 8.59. The van der Waals surface area contributed by atoms with Gasteiger partial charge in [-0.3, -0.25) is 9.69 Å². The van der Waals surface area contributed by atoms with Crippen LogP contribution in [-0.2, 0) is 13.1 Å². The molecule has 4 heterocycles. The van der Waals surface area contributed by atoms with Gasteiger partial charge < -0.3 is 14.8 Å². The quantitative estimate of drug-likeness (QED) is 0.518. The SMILES string of the molecule is CCC(CC(F)(F)F)n1cnnc1-c1cccc(N2Cc3c(cc(N(C)C)nc3CNC)C2=O)n1. The van der Waals surface area contributed by atoms with Crippen LogP contribution in [0.2, 0.25) is 0 Å². The Balaban J connectivity index is 1.69. The Kier molecular flexibility index (Phi) is 6.75. The van der Waals surface area contributed by atoms with Crippen molar-refractivity contribution in [3.63, 3.8) is 0 Å². The number of alkyl halides is 3. The van der Waals surface area contributed by atoms with Gasteiger partial charge in [0.05, 0.1) is 24.2 Å². The fraction of sp³-hybridized carbons (Fsp3) is 0.435. The summed E-state index contributed by atoms with van der Waals surface area (Å²) < 4.78 is 40.7.